The van der Waals surface area contributed by atoms with Gasteiger partial charge < -0.3 is 5.11 Å². The fourth-order valence-corrected chi connectivity index (χ4v) is 4.69. The molecule has 0 radical (unpaired) electrons. The normalized spacial score (nSPS) is 34.8. The number of aryl methyl sites for hydroxylation is 2. The summed E-state index contributed by atoms with van der Waals surface area (Å²) in [7, 11) is 0. The Kier molecular flexibility index (Phi) is 2.95. The predicted octanol–water partition coefficient (Wildman–Crippen LogP) is 3.84. The van der Waals surface area contributed by atoms with Gasteiger partial charge in [-0.25, -0.2) is 0 Å². The highest BCUT2D eigenvalue weighted by molar-refractivity contribution is 5.36. The Hall–Kier alpha value is -1.33. The molecule has 106 valence electrons. The lowest BCUT2D eigenvalue weighted by molar-refractivity contribution is -0.0734. The summed E-state index contributed by atoms with van der Waals surface area (Å²) in [5, 5.41) is 21.1. The maximum Gasteiger partial charge on any atom is 0.106 e. The minimum atomic E-state index is -1.06. The first kappa shape index (κ1) is 13.6. The monoisotopic (exact) mass is 269 g/mol. The van der Waals surface area contributed by atoms with E-state index in [-0.39, 0.29) is 0 Å². The number of nitrogens with zero attached hydrogens (tertiary/aromatic N) is 1. The first-order valence-electron chi connectivity index (χ1n) is 7.61. The number of fused-ring (bicyclic) bond motifs is 2. The second-order valence-corrected chi connectivity index (χ2v) is 7.11. The van der Waals surface area contributed by atoms with Crippen molar-refractivity contribution < 1.29 is 5.11 Å². The van der Waals surface area contributed by atoms with E-state index in [4.69, 9.17) is 0 Å². The van der Waals surface area contributed by atoms with E-state index in [1.54, 1.807) is 0 Å². The van der Waals surface area contributed by atoms with Crippen molar-refractivity contribution in [2.45, 2.75) is 52.1 Å². The van der Waals surface area contributed by atoms with Gasteiger partial charge in [0.25, 0.3) is 0 Å². The number of nitriles is 1. The van der Waals surface area contributed by atoms with Gasteiger partial charge in [-0.05, 0) is 57.4 Å². The van der Waals surface area contributed by atoms with E-state index >= 15 is 0 Å². The number of benzene rings is 1. The van der Waals surface area contributed by atoms with Gasteiger partial charge in [0.2, 0.25) is 0 Å². The van der Waals surface area contributed by atoms with Crippen LogP contribution in [0.4, 0.5) is 0 Å². The summed E-state index contributed by atoms with van der Waals surface area (Å²) in [6, 6.07) is 8.73. The van der Waals surface area contributed by atoms with Crippen LogP contribution < -0.4 is 0 Å². The molecule has 1 aromatic carbocycles. The lowest BCUT2D eigenvalue weighted by Crippen LogP contribution is -2.46. The summed E-state index contributed by atoms with van der Waals surface area (Å²) < 4.78 is 0. The number of hydrogen-bond donors (Lipinski definition) is 1. The highest BCUT2D eigenvalue weighted by Gasteiger charge is 2.61. The molecule has 2 fully saturated rings. The Balaban J connectivity index is 2.08. The van der Waals surface area contributed by atoms with Crippen molar-refractivity contribution >= 4 is 0 Å². The Morgan fingerprint density at radius 1 is 1.25 bits per heavy atom. The lowest BCUT2D eigenvalue weighted by atomic mass is 9.61. The van der Waals surface area contributed by atoms with E-state index in [0.717, 1.165) is 36.0 Å². The van der Waals surface area contributed by atoms with Crippen LogP contribution in [0.5, 0.6) is 0 Å². The SMILES string of the molecule is Cc1cc(C)cc(C(C)(O)C2(C#N)CC3CCC2C3)c1. The van der Waals surface area contributed by atoms with Crippen molar-refractivity contribution in [1.82, 2.24) is 0 Å². The molecule has 2 aliphatic rings. The molecule has 2 heteroatoms. The van der Waals surface area contributed by atoms with Crippen LogP contribution in [0, 0.1) is 42.4 Å². The largest absolute Gasteiger partial charge is 0.384 e. The minimum Gasteiger partial charge on any atom is -0.384 e. The van der Waals surface area contributed by atoms with Gasteiger partial charge in [0.15, 0.2) is 0 Å². The molecule has 2 nitrogen and oxygen atoms in total. The summed E-state index contributed by atoms with van der Waals surface area (Å²) in [5.41, 5.74) is 1.55. The van der Waals surface area contributed by atoms with Crippen LogP contribution >= 0.6 is 0 Å². The standard InChI is InChI=1S/C18H23NO/c1-12-6-13(2)8-16(7-12)17(3,20)18(11-19)10-14-4-5-15(18)9-14/h6-8,14-15,20H,4-5,9-10H2,1-3H3. The number of rotatable bonds is 2. The van der Waals surface area contributed by atoms with Gasteiger partial charge in [0.1, 0.15) is 5.60 Å². The average Bonchev–Trinajstić information content (AvgIpc) is 2.98. The predicted molar refractivity (Wildman–Crippen MR) is 79.0 cm³/mol. The highest BCUT2D eigenvalue weighted by atomic mass is 16.3. The molecule has 0 aromatic heterocycles. The van der Waals surface area contributed by atoms with Crippen LogP contribution in [-0.2, 0) is 5.60 Å². The van der Waals surface area contributed by atoms with Gasteiger partial charge in [-0.1, -0.05) is 35.7 Å². The highest BCUT2D eigenvalue weighted by Crippen LogP contribution is 2.62. The van der Waals surface area contributed by atoms with Crippen molar-refractivity contribution in [3.05, 3.63) is 34.9 Å². The Morgan fingerprint density at radius 3 is 2.35 bits per heavy atom. The van der Waals surface area contributed by atoms with Crippen LogP contribution in [-0.4, -0.2) is 5.11 Å². The van der Waals surface area contributed by atoms with E-state index in [1.165, 1.54) is 6.42 Å². The molecular formula is C18H23NO. The fourth-order valence-electron chi connectivity index (χ4n) is 4.69. The molecule has 0 amide bonds. The van der Waals surface area contributed by atoms with Crippen LogP contribution in [0.15, 0.2) is 18.2 Å². The molecule has 1 aromatic rings. The van der Waals surface area contributed by atoms with Crippen molar-refractivity contribution in [1.29, 1.82) is 5.26 Å². The van der Waals surface area contributed by atoms with E-state index in [9.17, 15) is 10.4 Å². The maximum atomic E-state index is 11.3. The van der Waals surface area contributed by atoms with Crippen LogP contribution in [0.1, 0.15) is 49.3 Å². The first-order valence-corrected chi connectivity index (χ1v) is 7.61. The molecule has 0 spiro atoms. The lowest BCUT2D eigenvalue weighted by Gasteiger charge is -2.43. The fraction of sp³-hybridized carbons (Fsp3) is 0.611. The molecule has 2 saturated carbocycles. The molecule has 3 rings (SSSR count). The van der Waals surface area contributed by atoms with Crippen LogP contribution in [0.3, 0.4) is 0 Å². The zero-order valence-electron chi connectivity index (χ0n) is 12.6. The molecule has 0 heterocycles. The molecule has 2 aliphatic carbocycles. The smallest absolute Gasteiger partial charge is 0.106 e. The third kappa shape index (κ3) is 1.73. The number of hydrogen-bond acceptors (Lipinski definition) is 2. The second-order valence-electron chi connectivity index (χ2n) is 7.11. The summed E-state index contributed by atoms with van der Waals surface area (Å²) in [6.45, 7) is 5.95. The zero-order chi connectivity index (χ0) is 14.5. The van der Waals surface area contributed by atoms with Crippen molar-refractivity contribution in [2.24, 2.45) is 17.3 Å². The van der Waals surface area contributed by atoms with Gasteiger partial charge in [0, 0.05) is 0 Å². The van der Waals surface area contributed by atoms with Crippen molar-refractivity contribution in [2.75, 3.05) is 0 Å². The van der Waals surface area contributed by atoms with E-state index in [1.807, 2.05) is 32.9 Å². The molecule has 0 saturated heterocycles. The second kappa shape index (κ2) is 4.33. The molecule has 4 unspecified atom stereocenters. The van der Waals surface area contributed by atoms with E-state index in [2.05, 4.69) is 12.1 Å². The summed E-state index contributed by atoms with van der Waals surface area (Å²) in [6.07, 6.45) is 4.30. The Labute approximate surface area is 121 Å². The quantitative estimate of drug-likeness (QED) is 0.886. The Bertz CT molecular complexity index is 563. The zero-order valence-corrected chi connectivity index (χ0v) is 12.6. The number of aliphatic hydroxyl groups is 1. The summed E-state index contributed by atoms with van der Waals surface area (Å²) in [4.78, 5) is 0. The van der Waals surface area contributed by atoms with Crippen LogP contribution in [0.2, 0.25) is 0 Å². The van der Waals surface area contributed by atoms with Gasteiger partial charge >= 0.3 is 0 Å². The Morgan fingerprint density at radius 2 is 1.90 bits per heavy atom. The third-order valence-electron chi connectivity index (χ3n) is 5.70. The summed E-state index contributed by atoms with van der Waals surface area (Å²) in [5.74, 6) is 0.991. The average molecular weight is 269 g/mol. The molecule has 0 aliphatic heterocycles. The molecule has 1 N–H and O–H groups in total. The molecule has 20 heavy (non-hydrogen) atoms. The molecule has 2 bridgehead atoms. The molecule has 4 atom stereocenters. The van der Waals surface area contributed by atoms with Gasteiger partial charge in [0.05, 0.1) is 11.5 Å². The maximum absolute atomic E-state index is 11.3. The van der Waals surface area contributed by atoms with E-state index in [0.29, 0.717) is 11.8 Å². The first-order chi connectivity index (χ1) is 9.39. The van der Waals surface area contributed by atoms with Gasteiger partial charge in [-0.15, -0.1) is 0 Å². The molecular weight excluding hydrogens is 246 g/mol. The minimum absolute atomic E-state index is 0.355. The van der Waals surface area contributed by atoms with Crippen molar-refractivity contribution in [3.8, 4) is 6.07 Å². The van der Waals surface area contributed by atoms with E-state index < -0.39 is 11.0 Å². The summed E-state index contributed by atoms with van der Waals surface area (Å²) >= 11 is 0. The van der Waals surface area contributed by atoms with Crippen molar-refractivity contribution in [3.63, 3.8) is 0 Å². The topological polar surface area (TPSA) is 44.0 Å². The van der Waals surface area contributed by atoms with Crippen LogP contribution in [0.25, 0.3) is 0 Å². The third-order valence-corrected chi connectivity index (χ3v) is 5.70. The van der Waals surface area contributed by atoms with Gasteiger partial charge in [-0.3, -0.25) is 0 Å². The van der Waals surface area contributed by atoms with Gasteiger partial charge in [-0.2, -0.15) is 5.26 Å².